The monoisotopic (exact) mass is 481 g/mol. The number of hydrogen-bond donors (Lipinski definition) is 2. The van der Waals surface area contributed by atoms with E-state index < -0.39 is 5.92 Å². The van der Waals surface area contributed by atoms with Crippen molar-refractivity contribution in [3.05, 3.63) is 118 Å². The minimum atomic E-state index is -0.564. The molecule has 1 unspecified atom stereocenters. The molecule has 1 aliphatic rings. The summed E-state index contributed by atoms with van der Waals surface area (Å²) < 4.78 is 5.92. The number of carbonyl (C=O) groups excluding carboxylic acids is 1. The van der Waals surface area contributed by atoms with E-state index in [0.29, 0.717) is 40.6 Å². The Morgan fingerprint density at radius 3 is 2.37 bits per heavy atom. The van der Waals surface area contributed by atoms with Gasteiger partial charge in [-0.25, -0.2) is 0 Å². The molecule has 6 heteroatoms. The highest BCUT2D eigenvalue weighted by molar-refractivity contribution is 8.02. The van der Waals surface area contributed by atoms with Gasteiger partial charge in [0.15, 0.2) is 0 Å². The molecular weight excluding hydrogens is 454 g/mol. The summed E-state index contributed by atoms with van der Waals surface area (Å²) >= 11 is 1.56. The summed E-state index contributed by atoms with van der Waals surface area (Å²) in [4.78, 5) is 13.6. The third-order valence-corrected chi connectivity index (χ3v) is 6.77. The topological polar surface area (TPSA) is 74.1 Å². The number of nitriles is 1. The second kappa shape index (κ2) is 11.5. The molecule has 3 aromatic carbocycles. The first kappa shape index (κ1) is 24.2. The third kappa shape index (κ3) is 5.59. The molecule has 0 aliphatic carbocycles. The number of amides is 1. The second-order valence-corrected chi connectivity index (χ2v) is 9.00. The lowest BCUT2D eigenvalue weighted by Crippen LogP contribution is -2.31. The predicted octanol–water partition coefficient (Wildman–Crippen LogP) is 6.35. The van der Waals surface area contributed by atoms with Crippen molar-refractivity contribution in [1.82, 2.24) is 5.32 Å². The Kier molecular flexibility index (Phi) is 7.92. The summed E-state index contributed by atoms with van der Waals surface area (Å²) in [6.45, 7) is 4.29. The van der Waals surface area contributed by atoms with Gasteiger partial charge in [0.25, 0.3) is 5.91 Å². The van der Waals surface area contributed by atoms with Crippen LogP contribution in [0.1, 0.15) is 30.9 Å². The van der Waals surface area contributed by atoms with E-state index in [0.717, 1.165) is 16.2 Å². The number of benzene rings is 3. The molecule has 1 heterocycles. The molecule has 35 heavy (non-hydrogen) atoms. The van der Waals surface area contributed by atoms with Crippen LogP contribution in [-0.2, 0) is 10.5 Å². The number of allylic oxidation sites excluding steroid dienone is 2. The summed E-state index contributed by atoms with van der Waals surface area (Å²) in [5.41, 5.74) is 4.36. The highest BCUT2D eigenvalue weighted by Gasteiger charge is 2.36. The van der Waals surface area contributed by atoms with Crippen LogP contribution in [0.5, 0.6) is 5.75 Å². The highest BCUT2D eigenvalue weighted by atomic mass is 32.2. The lowest BCUT2D eigenvalue weighted by molar-refractivity contribution is -0.113. The van der Waals surface area contributed by atoms with Crippen molar-refractivity contribution >= 4 is 23.4 Å². The number of thioether (sulfide) groups is 1. The molecule has 0 bridgehead atoms. The lowest BCUT2D eigenvalue weighted by atomic mass is 9.81. The van der Waals surface area contributed by atoms with Crippen LogP contribution in [0, 0.1) is 11.3 Å². The smallest absolute Gasteiger partial charge is 0.254 e. The first-order valence-corrected chi connectivity index (χ1v) is 12.5. The number of para-hydroxylation sites is 2. The van der Waals surface area contributed by atoms with Crippen molar-refractivity contribution in [2.75, 3.05) is 11.9 Å². The van der Waals surface area contributed by atoms with Crippen molar-refractivity contribution in [2.24, 2.45) is 0 Å². The Balaban J connectivity index is 1.77. The van der Waals surface area contributed by atoms with E-state index in [1.807, 2.05) is 86.6 Å². The van der Waals surface area contributed by atoms with Gasteiger partial charge in [-0.3, -0.25) is 4.79 Å². The summed E-state index contributed by atoms with van der Waals surface area (Å²) in [5.74, 6) is 0.552. The maximum Gasteiger partial charge on any atom is 0.254 e. The molecule has 0 spiro atoms. The number of nitrogens with one attached hydrogen (secondary N) is 2. The van der Waals surface area contributed by atoms with E-state index in [1.54, 1.807) is 11.8 Å². The Bertz CT molecular complexity index is 1290. The number of ether oxygens (including phenoxy) is 1. The molecule has 176 valence electrons. The van der Waals surface area contributed by atoms with Gasteiger partial charge < -0.3 is 15.4 Å². The average Bonchev–Trinajstić information content (AvgIpc) is 2.88. The fourth-order valence-electron chi connectivity index (χ4n) is 4.09. The highest BCUT2D eigenvalue weighted by Crippen LogP contribution is 2.44. The molecule has 0 radical (unpaired) electrons. The minimum Gasteiger partial charge on any atom is -0.494 e. The van der Waals surface area contributed by atoms with Crippen LogP contribution in [-0.4, -0.2) is 12.5 Å². The van der Waals surface area contributed by atoms with Crippen molar-refractivity contribution in [3.63, 3.8) is 0 Å². The summed E-state index contributed by atoms with van der Waals surface area (Å²) in [6, 6.07) is 29.5. The van der Waals surface area contributed by atoms with Gasteiger partial charge >= 0.3 is 0 Å². The molecule has 2 N–H and O–H groups in total. The van der Waals surface area contributed by atoms with Crippen molar-refractivity contribution in [3.8, 4) is 11.8 Å². The summed E-state index contributed by atoms with van der Waals surface area (Å²) in [5, 5.41) is 17.4. The fraction of sp³-hybridized carbons (Fsp3) is 0.172. The number of anilines is 1. The molecule has 1 aliphatic heterocycles. The quantitative estimate of drug-likeness (QED) is 0.392. The summed E-state index contributed by atoms with van der Waals surface area (Å²) in [6.07, 6.45) is 0. The van der Waals surface area contributed by atoms with Crippen LogP contribution in [0.15, 0.2) is 107 Å². The number of carbonyl (C=O) groups is 1. The van der Waals surface area contributed by atoms with E-state index in [9.17, 15) is 10.1 Å². The van der Waals surface area contributed by atoms with Crippen LogP contribution < -0.4 is 15.4 Å². The molecule has 0 aromatic heterocycles. The van der Waals surface area contributed by atoms with Crippen molar-refractivity contribution in [1.29, 1.82) is 5.26 Å². The Morgan fingerprint density at radius 2 is 1.69 bits per heavy atom. The van der Waals surface area contributed by atoms with Gasteiger partial charge in [0.2, 0.25) is 0 Å². The number of dihydropyridines is 1. The van der Waals surface area contributed by atoms with Crippen LogP contribution >= 0.6 is 11.8 Å². The minimum absolute atomic E-state index is 0.252. The van der Waals surface area contributed by atoms with Crippen molar-refractivity contribution in [2.45, 2.75) is 25.5 Å². The first-order chi connectivity index (χ1) is 17.1. The van der Waals surface area contributed by atoms with Crippen LogP contribution in [0.3, 0.4) is 0 Å². The summed E-state index contributed by atoms with van der Waals surface area (Å²) in [7, 11) is 0. The predicted molar refractivity (Wildman–Crippen MR) is 142 cm³/mol. The molecule has 1 atom stereocenters. The Morgan fingerprint density at radius 1 is 1.03 bits per heavy atom. The van der Waals surface area contributed by atoms with Crippen LogP contribution in [0.25, 0.3) is 0 Å². The van der Waals surface area contributed by atoms with Crippen LogP contribution in [0.2, 0.25) is 0 Å². The second-order valence-electron chi connectivity index (χ2n) is 8.02. The zero-order valence-corrected chi connectivity index (χ0v) is 20.6. The molecule has 1 amide bonds. The van der Waals surface area contributed by atoms with Gasteiger partial charge in [-0.15, -0.1) is 11.8 Å². The third-order valence-electron chi connectivity index (χ3n) is 5.68. The maximum atomic E-state index is 13.6. The number of hydrogen-bond acceptors (Lipinski definition) is 5. The normalized spacial score (nSPS) is 15.3. The SMILES string of the molecule is CCOc1ccccc1C1C(C#N)=C(SCc2ccccc2)NC(C)=C1C(=O)Nc1ccccc1. The Labute approximate surface area is 210 Å². The largest absolute Gasteiger partial charge is 0.494 e. The zero-order valence-electron chi connectivity index (χ0n) is 19.7. The molecule has 0 fully saturated rings. The Hall–Kier alpha value is -3.95. The van der Waals surface area contributed by atoms with Gasteiger partial charge in [-0.2, -0.15) is 5.26 Å². The van der Waals surface area contributed by atoms with E-state index in [2.05, 4.69) is 28.8 Å². The standard InChI is InChI=1S/C29H27N3O2S/c1-3-34-25-17-11-10-16-23(25)27-24(18-30)29(35-19-21-12-6-4-7-13-21)31-20(2)26(27)28(33)32-22-14-8-5-9-15-22/h4-17,27,31H,3,19H2,1-2H3,(H,32,33). The lowest BCUT2D eigenvalue weighted by Gasteiger charge is -2.30. The average molecular weight is 482 g/mol. The van der Waals surface area contributed by atoms with E-state index in [1.165, 1.54) is 0 Å². The van der Waals surface area contributed by atoms with Crippen LogP contribution in [0.4, 0.5) is 5.69 Å². The molecule has 3 aromatic rings. The van der Waals surface area contributed by atoms with E-state index in [4.69, 9.17) is 4.74 Å². The van der Waals surface area contributed by atoms with Gasteiger partial charge in [-0.05, 0) is 37.6 Å². The number of rotatable bonds is 8. The van der Waals surface area contributed by atoms with Gasteiger partial charge in [0.05, 0.1) is 29.2 Å². The molecule has 0 saturated carbocycles. The number of nitrogens with zero attached hydrogens (tertiary/aromatic N) is 1. The zero-order chi connectivity index (χ0) is 24.6. The van der Waals surface area contributed by atoms with E-state index >= 15 is 0 Å². The van der Waals surface area contributed by atoms with Gasteiger partial charge in [0, 0.05) is 28.3 Å². The van der Waals surface area contributed by atoms with Gasteiger partial charge in [0.1, 0.15) is 5.75 Å². The first-order valence-electron chi connectivity index (χ1n) is 11.5. The maximum absolute atomic E-state index is 13.6. The molecule has 4 rings (SSSR count). The molecule has 0 saturated heterocycles. The molecular formula is C29H27N3O2S. The fourth-order valence-corrected chi connectivity index (χ4v) is 5.14. The molecule has 5 nitrogen and oxygen atoms in total. The van der Waals surface area contributed by atoms with E-state index in [-0.39, 0.29) is 5.91 Å². The van der Waals surface area contributed by atoms with Gasteiger partial charge in [-0.1, -0.05) is 66.7 Å². The van der Waals surface area contributed by atoms with Crippen molar-refractivity contribution < 1.29 is 9.53 Å².